The molecule has 0 heterocycles. The molecule has 3 heteroatoms. The van der Waals surface area contributed by atoms with Crippen LogP contribution in [0.25, 0.3) is 0 Å². The van der Waals surface area contributed by atoms with Crippen molar-refractivity contribution in [3.63, 3.8) is 0 Å². The Labute approximate surface area is 76.8 Å². The van der Waals surface area contributed by atoms with E-state index in [2.05, 4.69) is 0 Å². The van der Waals surface area contributed by atoms with Gasteiger partial charge in [-0.2, -0.15) is 0 Å². The van der Waals surface area contributed by atoms with Gasteiger partial charge in [-0.05, 0) is 20.3 Å². The number of Topliss-reactive ketones (excluding diaryl/α,β-unsaturated/α-hetero) is 1. The molecule has 3 nitrogen and oxygen atoms in total. The van der Waals surface area contributed by atoms with Gasteiger partial charge in [-0.1, -0.05) is 18.2 Å². The van der Waals surface area contributed by atoms with E-state index < -0.39 is 11.4 Å². The molecule has 0 aromatic heterocycles. The third kappa shape index (κ3) is 1.54. The minimum atomic E-state index is -1.01. The summed E-state index contributed by atoms with van der Waals surface area (Å²) in [5.74, 6) is -1.12. The molecule has 0 fully saturated rings. The second-order valence-corrected chi connectivity index (χ2v) is 3.41. The average molecular weight is 180 g/mol. The molecule has 0 radical (unpaired) electrons. The van der Waals surface area contributed by atoms with Gasteiger partial charge in [0.05, 0.1) is 11.0 Å². The van der Waals surface area contributed by atoms with E-state index in [4.69, 9.17) is 5.11 Å². The minimum absolute atomic E-state index is 0.106. The number of carbonyl (C=O) groups is 2. The fraction of sp³-hybridized carbons (Fsp3) is 0.400. The summed E-state index contributed by atoms with van der Waals surface area (Å²) in [4.78, 5) is 22.1. The number of aliphatic carboxylic acids is 1. The fourth-order valence-corrected chi connectivity index (χ4v) is 1.40. The van der Waals surface area contributed by atoms with Crippen LogP contribution in [0.2, 0.25) is 0 Å². The summed E-state index contributed by atoms with van der Waals surface area (Å²) in [7, 11) is 0. The normalized spacial score (nSPS) is 26.8. The molecular weight excluding hydrogens is 168 g/mol. The summed E-state index contributed by atoms with van der Waals surface area (Å²) in [5.41, 5.74) is -0.664. The van der Waals surface area contributed by atoms with Crippen molar-refractivity contribution in [3.8, 4) is 0 Å². The van der Waals surface area contributed by atoms with E-state index >= 15 is 0 Å². The van der Waals surface area contributed by atoms with Crippen molar-refractivity contribution < 1.29 is 14.7 Å². The molecule has 70 valence electrons. The van der Waals surface area contributed by atoms with Gasteiger partial charge in [0.2, 0.25) is 0 Å². The number of hydrogen-bond donors (Lipinski definition) is 1. The second-order valence-electron chi connectivity index (χ2n) is 3.41. The summed E-state index contributed by atoms with van der Waals surface area (Å²) in [6.45, 7) is 3.09. The van der Waals surface area contributed by atoms with Crippen molar-refractivity contribution in [3.05, 3.63) is 23.8 Å². The molecular formula is C10H12O3. The Morgan fingerprint density at radius 1 is 1.54 bits per heavy atom. The Balaban J connectivity index is 3.13. The molecule has 0 bridgehead atoms. The van der Waals surface area contributed by atoms with E-state index in [1.807, 2.05) is 6.08 Å². The zero-order valence-electron chi connectivity index (χ0n) is 7.70. The maximum absolute atomic E-state index is 11.3. The predicted molar refractivity (Wildman–Crippen MR) is 48.3 cm³/mol. The molecule has 1 unspecified atom stereocenters. The number of hydrogen-bond acceptors (Lipinski definition) is 2. The van der Waals surface area contributed by atoms with E-state index in [1.165, 1.54) is 13.0 Å². The Bertz CT molecular complexity index is 312. The number of rotatable bonds is 2. The molecule has 0 saturated carbocycles. The van der Waals surface area contributed by atoms with E-state index in [0.29, 0.717) is 6.42 Å². The molecule has 0 aliphatic heterocycles. The Hall–Kier alpha value is -1.38. The molecule has 0 aromatic carbocycles. The van der Waals surface area contributed by atoms with Crippen LogP contribution in [-0.4, -0.2) is 16.9 Å². The van der Waals surface area contributed by atoms with Gasteiger partial charge in [-0.3, -0.25) is 4.79 Å². The first-order chi connectivity index (χ1) is 5.98. The van der Waals surface area contributed by atoms with Crippen molar-refractivity contribution in [1.29, 1.82) is 0 Å². The highest BCUT2D eigenvalue weighted by molar-refractivity contribution is 5.99. The van der Waals surface area contributed by atoms with Crippen LogP contribution < -0.4 is 0 Å². The summed E-state index contributed by atoms with van der Waals surface area (Å²) >= 11 is 0. The topological polar surface area (TPSA) is 54.4 Å². The van der Waals surface area contributed by atoms with Gasteiger partial charge in [0.25, 0.3) is 0 Å². The van der Waals surface area contributed by atoms with Crippen LogP contribution in [0, 0.1) is 5.41 Å². The van der Waals surface area contributed by atoms with E-state index in [9.17, 15) is 9.59 Å². The van der Waals surface area contributed by atoms with Crippen molar-refractivity contribution in [1.82, 2.24) is 0 Å². The lowest BCUT2D eigenvalue weighted by Gasteiger charge is -2.27. The van der Waals surface area contributed by atoms with Crippen molar-refractivity contribution in [2.24, 2.45) is 5.41 Å². The SMILES string of the molecule is CC(=O)C1(C)CC=CC=C1C(=O)O. The maximum atomic E-state index is 11.3. The van der Waals surface area contributed by atoms with Gasteiger partial charge in [-0.15, -0.1) is 0 Å². The third-order valence-corrected chi connectivity index (χ3v) is 2.53. The largest absolute Gasteiger partial charge is 0.478 e. The highest BCUT2D eigenvalue weighted by atomic mass is 16.4. The zero-order chi connectivity index (χ0) is 10.1. The molecule has 1 aliphatic carbocycles. The van der Waals surface area contributed by atoms with Crippen molar-refractivity contribution >= 4 is 11.8 Å². The number of carboxylic acids is 1. The lowest BCUT2D eigenvalue weighted by molar-refractivity contribution is -0.136. The summed E-state index contributed by atoms with van der Waals surface area (Å²) in [5, 5.41) is 8.87. The van der Waals surface area contributed by atoms with Gasteiger partial charge in [0.15, 0.2) is 0 Å². The molecule has 13 heavy (non-hydrogen) atoms. The highest BCUT2D eigenvalue weighted by Gasteiger charge is 2.37. The predicted octanol–water partition coefficient (Wildman–Crippen LogP) is 1.55. The number of carboxylic acid groups (broad SMARTS) is 1. The first-order valence-corrected chi connectivity index (χ1v) is 4.10. The van der Waals surface area contributed by atoms with Crippen LogP contribution in [-0.2, 0) is 9.59 Å². The standard InChI is InChI=1S/C10H12O3/c1-7(11)10(2)6-4-3-5-8(10)9(12)13/h3-5H,6H2,1-2H3,(H,12,13). The monoisotopic (exact) mass is 180 g/mol. The first-order valence-electron chi connectivity index (χ1n) is 4.10. The first kappa shape index (κ1) is 9.71. The molecule has 0 spiro atoms. The van der Waals surface area contributed by atoms with Crippen LogP contribution >= 0.6 is 0 Å². The lowest BCUT2D eigenvalue weighted by atomic mass is 9.73. The second kappa shape index (κ2) is 3.17. The van der Waals surface area contributed by atoms with Crippen LogP contribution in [0.15, 0.2) is 23.8 Å². The van der Waals surface area contributed by atoms with Gasteiger partial charge in [0.1, 0.15) is 5.78 Å². The fourth-order valence-electron chi connectivity index (χ4n) is 1.40. The van der Waals surface area contributed by atoms with E-state index in [1.54, 1.807) is 13.0 Å². The summed E-state index contributed by atoms with van der Waals surface area (Å²) in [6, 6.07) is 0. The Kier molecular flexibility index (Phi) is 2.36. The van der Waals surface area contributed by atoms with E-state index in [0.717, 1.165) is 0 Å². The molecule has 0 amide bonds. The summed E-state index contributed by atoms with van der Waals surface area (Å²) < 4.78 is 0. The highest BCUT2D eigenvalue weighted by Crippen LogP contribution is 2.35. The van der Waals surface area contributed by atoms with Crippen molar-refractivity contribution in [2.75, 3.05) is 0 Å². The molecule has 1 atom stereocenters. The van der Waals surface area contributed by atoms with Crippen molar-refractivity contribution in [2.45, 2.75) is 20.3 Å². The molecule has 0 aromatic rings. The van der Waals surface area contributed by atoms with Gasteiger partial charge in [-0.25, -0.2) is 4.79 Å². The van der Waals surface area contributed by atoms with Crippen LogP contribution in [0.4, 0.5) is 0 Å². The van der Waals surface area contributed by atoms with Crippen LogP contribution in [0.1, 0.15) is 20.3 Å². The quantitative estimate of drug-likeness (QED) is 0.701. The van der Waals surface area contributed by atoms with Gasteiger partial charge < -0.3 is 5.11 Å². The Morgan fingerprint density at radius 2 is 2.15 bits per heavy atom. The smallest absolute Gasteiger partial charge is 0.332 e. The lowest BCUT2D eigenvalue weighted by Crippen LogP contribution is -2.32. The minimum Gasteiger partial charge on any atom is -0.478 e. The summed E-state index contributed by atoms with van der Waals surface area (Å²) in [6.07, 6.45) is 5.45. The number of carbonyl (C=O) groups excluding carboxylic acids is 1. The van der Waals surface area contributed by atoms with Crippen LogP contribution in [0.3, 0.4) is 0 Å². The van der Waals surface area contributed by atoms with Crippen LogP contribution in [0.5, 0.6) is 0 Å². The van der Waals surface area contributed by atoms with E-state index in [-0.39, 0.29) is 11.4 Å². The molecule has 1 aliphatic rings. The van der Waals surface area contributed by atoms with Gasteiger partial charge >= 0.3 is 5.97 Å². The molecule has 1 rings (SSSR count). The molecule has 1 N–H and O–H groups in total. The number of allylic oxidation sites excluding steroid dienone is 3. The van der Waals surface area contributed by atoms with Gasteiger partial charge in [0, 0.05) is 0 Å². The maximum Gasteiger partial charge on any atom is 0.332 e. The Morgan fingerprint density at radius 3 is 2.54 bits per heavy atom. The average Bonchev–Trinajstić information content (AvgIpc) is 2.04. The number of ketones is 1. The zero-order valence-corrected chi connectivity index (χ0v) is 7.70. The molecule has 0 saturated heterocycles. The third-order valence-electron chi connectivity index (χ3n) is 2.53.